The number of carboxylic acid groups (broad SMARTS) is 1. The second-order valence-electron chi connectivity index (χ2n) is 8.52. The number of halogens is 1. The van der Waals surface area contributed by atoms with Crippen LogP contribution in [0.4, 0.5) is 10.1 Å². The summed E-state index contributed by atoms with van der Waals surface area (Å²) in [4.78, 5) is 24.6. The largest absolute Gasteiger partial charge is 0.493 e. The summed E-state index contributed by atoms with van der Waals surface area (Å²) in [5, 5.41) is 12.3. The highest BCUT2D eigenvalue weighted by atomic mass is 19.1. The molecule has 164 valence electrons. The van der Waals surface area contributed by atoms with E-state index in [0.29, 0.717) is 23.4 Å². The van der Waals surface area contributed by atoms with Gasteiger partial charge in [0.15, 0.2) is 0 Å². The first-order valence-electron chi connectivity index (χ1n) is 10.6. The summed E-state index contributed by atoms with van der Waals surface area (Å²) in [6.07, 6.45) is 2.42. The molecular formula is C26H24FNO4. The van der Waals surface area contributed by atoms with Gasteiger partial charge in [0.1, 0.15) is 11.6 Å². The Labute approximate surface area is 186 Å². The Bertz CT molecular complexity index is 1270. The molecule has 0 unspecified atom stereocenters. The fraction of sp³-hybridized carbons (Fsp3) is 0.231. The topological polar surface area (TPSA) is 75.6 Å². The number of hydrogen-bond acceptors (Lipinski definition) is 3. The summed E-state index contributed by atoms with van der Waals surface area (Å²) >= 11 is 0. The van der Waals surface area contributed by atoms with E-state index >= 15 is 0 Å². The summed E-state index contributed by atoms with van der Waals surface area (Å²) in [5.41, 5.74) is 4.05. The molecule has 0 atom stereocenters. The molecule has 1 aliphatic carbocycles. The maximum Gasteiger partial charge on any atom is 0.335 e. The lowest BCUT2D eigenvalue weighted by Gasteiger charge is -2.18. The molecule has 0 radical (unpaired) electrons. The van der Waals surface area contributed by atoms with Crippen LogP contribution >= 0.6 is 0 Å². The van der Waals surface area contributed by atoms with E-state index in [1.807, 2.05) is 25.1 Å². The van der Waals surface area contributed by atoms with Crippen LogP contribution in [0, 0.1) is 12.7 Å². The predicted octanol–water partition coefficient (Wildman–Crippen LogP) is 5.35. The van der Waals surface area contributed by atoms with E-state index in [9.17, 15) is 19.1 Å². The monoisotopic (exact) mass is 433 g/mol. The number of nitrogens with one attached hydrogen (secondary N) is 1. The molecule has 6 heteroatoms. The average Bonchev–Trinajstić information content (AvgIpc) is 3.45. The number of carbonyl (C=O) groups is 2. The number of carboxylic acids is 1. The van der Waals surface area contributed by atoms with Crippen molar-refractivity contribution in [3.8, 4) is 16.9 Å². The summed E-state index contributed by atoms with van der Waals surface area (Å²) in [5.74, 6) is -0.991. The van der Waals surface area contributed by atoms with Crippen LogP contribution in [0.15, 0.2) is 54.6 Å². The number of aryl methyl sites for hydroxylation is 1. The highest BCUT2D eigenvalue weighted by molar-refractivity contribution is 6.02. The van der Waals surface area contributed by atoms with Gasteiger partial charge in [0.05, 0.1) is 17.6 Å². The summed E-state index contributed by atoms with van der Waals surface area (Å²) in [6.45, 7) is 2.54. The van der Waals surface area contributed by atoms with Crippen LogP contribution in [0.25, 0.3) is 11.1 Å². The predicted molar refractivity (Wildman–Crippen MR) is 121 cm³/mol. The number of benzene rings is 3. The lowest BCUT2D eigenvalue weighted by molar-refractivity contribution is -0.118. The number of fused-ring (bicyclic) bond motifs is 1. The molecule has 0 spiro atoms. The van der Waals surface area contributed by atoms with Gasteiger partial charge in [0, 0.05) is 13.5 Å². The van der Waals surface area contributed by atoms with Gasteiger partial charge in [-0.2, -0.15) is 0 Å². The Kier molecular flexibility index (Phi) is 4.73. The molecule has 1 fully saturated rings. The number of aromatic carboxylic acids is 1. The fourth-order valence-electron chi connectivity index (χ4n) is 4.39. The van der Waals surface area contributed by atoms with Crippen LogP contribution in [0.3, 0.4) is 0 Å². The molecule has 5 rings (SSSR count). The standard InChI is InChI=1S/C26H22FNO4.H2/c1-15-2-4-21(14-22(15)17-10-18(24(29)30)13-20(27)12-17)28-25(31)26(7-8-26)19-3-5-23-16(11-19)6-9-32-23;/h2-5,10-14H,6-9H2,1H3,(H,28,31)(H,29,30);1H. The van der Waals surface area contributed by atoms with Crippen molar-refractivity contribution in [3.05, 3.63) is 82.7 Å². The zero-order chi connectivity index (χ0) is 22.5. The fourth-order valence-corrected chi connectivity index (χ4v) is 4.39. The minimum absolute atomic E-state index is 0. The Morgan fingerprint density at radius 2 is 1.91 bits per heavy atom. The van der Waals surface area contributed by atoms with Crippen LogP contribution in [-0.4, -0.2) is 23.6 Å². The first-order chi connectivity index (χ1) is 15.4. The third-order valence-electron chi connectivity index (χ3n) is 6.38. The number of hydrogen-bond donors (Lipinski definition) is 2. The molecule has 1 heterocycles. The zero-order valence-corrected chi connectivity index (χ0v) is 17.6. The quantitative estimate of drug-likeness (QED) is 0.569. The second-order valence-corrected chi connectivity index (χ2v) is 8.52. The van der Waals surface area contributed by atoms with Gasteiger partial charge in [0.25, 0.3) is 0 Å². The number of amides is 1. The molecule has 2 N–H and O–H groups in total. The third-order valence-corrected chi connectivity index (χ3v) is 6.38. The van der Waals surface area contributed by atoms with Crippen molar-refractivity contribution in [2.24, 2.45) is 0 Å². The van der Waals surface area contributed by atoms with Gasteiger partial charge in [-0.15, -0.1) is 0 Å². The van der Waals surface area contributed by atoms with Crippen molar-refractivity contribution in [3.63, 3.8) is 0 Å². The molecular weight excluding hydrogens is 409 g/mol. The minimum atomic E-state index is -1.19. The zero-order valence-electron chi connectivity index (χ0n) is 17.6. The number of rotatable bonds is 5. The first-order valence-corrected chi connectivity index (χ1v) is 10.6. The SMILES string of the molecule is Cc1ccc(NC(=O)C2(c3ccc4c(c3)CCO4)CC2)cc1-c1cc(F)cc(C(=O)O)c1.[HH]. The van der Waals surface area contributed by atoms with Crippen molar-refractivity contribution in [2.45, 2.75) is 31.6 Å². The van der Waals surface area contributed by atoms with Gasteiger partial charge >= 0.3 is 5.97 Å². The normalized spacial score (nSPS) is 15.6. The maximum atomic E-state index is 14.0. The van der Waals surface area contributed by atoms with Crippen LogP contribution in [0.2, 0.25) is 0 Å². The molecule has 1 aliphatic heterocycles. The molecule has 0 aromatic heterocycles. The van der Waals surface area contributed by atoms with Gasteiger partial charge in [0.2, 0.25) is 5.91 Å². The van der Waals surface area contributed by atoms with Gasteiger partial charge in [-0.3, -0.25) is 4.79 Å². The lowest BCUT2D eigenvalue weighted by atomic mass is 9.92. The highest BCUT2D eigenvalue weighted by Gasteiger charge is 2.51. The molecule has 5 nitrogen and oxygen atoms in total. The Morgan fingerprint density at radius 1 is 1.09 bits per heavy atom. The Balaban J connectivity index is 0.00000259. The molecule has 3 aromatic rings. The highest BCUT2D eigenvalue weighted by Crippen LogP contribution is 2.50. The minimum Gasteiger partial charge on any atom is -0.493 e. The van der Waals surface area contributed by atoms with Crippen molar-refractivity contribution < 1.29 is 25.2 Å². The Morgan fingerprint density at radius 3 is 2.66 bits per heavy atom. The average molecular weight is 433 g/mol. The van der Waals surface area contributed by atoms with E-state index in [2.05, 4.69) is 11.4 Å². The summed E-state index contributed by atoms with van der Waals surface area (Å²) in [7, 11) is 0. The van der Waals surface area contributed by atoms with Crippen molar-refractivity contribution in [2.75, 3.05) is 11.9 Å². The van der Waals surface area contributed by atoms with E-state index in [-0.39, 0.29) is 12.9 Å². The molecule has 3 aromatic carbocycles. The van der Waals surface area contributed by atoms with E-state index in [0.717, 1.165) is 47.8 Å². The second kappa shape index (κ2) is 7.48. The number of ether oxygens (including phenoxy) is 1. The van der Waals surface area contributed by atoms with Gasteiger partial charge in [-0.25, -0.2) is 9.18 Å². The summed E-state index contributed by atoms with van der Waals surface area (Å²) < 4.78 is 19.6. The molecule has 2 aliphatic rings. The first kappa shape index (κ1) is 20.2. The smallest absolute Gasteiger partial charge is 0.335 e. The summed E-state index contributed by atoms with van der Waals surface area (Å²) in [6, 6.07) is 15.1. The molecule has 0 saturated heterocycles. The van der Waals surface area contributed by atoms with E-state index in [4.69, 9.17) is 4.74 Å². The lowest BCUT2D eigenvalue weighted by Crippen LogP contribution is -2.27. The van der Waals surface area contributed by atoms with Crippen molar-refractivity contribution in [1.82, 2.24) is 0 Å². The van der Waals surface area contributed by atoms with Crippen LogP contribution in [-0.2, 0) is 16.6 Å². The van der Waals surface area contributed by atoms with E-state index in [1.54, 1.807) is 12.1 Å². The van der Waals surface area contributed by atoms with E-state index in [1.165, 1.54) is 12.1 Å². The van der Waals surface area contributed by atoms with Crippen LogP contribution in [0.1, 0.15) is 41.3 Å². The van der Waals surface area contributed by atoms with Crippen LogP contribution in [0.5, 0.6) is 5.75 Å². The van der Waals surface area contributed by atoms with Gasteiger partial charge in [-0.1, -0.05) is 18.2 Å². The molecule has 1 amide bonds. The Hall–Kier alpha value is -3.67. The third kappa shape index (κ3) is 3.51. The van der Waals surface area contributed by atoms with Gasteiger partial charge in [-0.05, 0) is 84.0 Å². The maximum absolute atomic E-state index is 14.0. The molecule has 32 heavy (non-hydrogen) atoms. The molecule has 0 bridgehead atoms. The van der Waals surface area contributed by atoms with Crippen molar-refractivity contribution >= 4 is 17.6 Å². The number of anilines is 1. The number of carbonyl (C=O) groups excluding carboxylic acids is 1. The van der Waals surface area contributed by atoms with Gasteiger partial charge < -0.3 is 15.2 Å². The van der Waals surface area contributed by atoms with Crippen molar-refractivity contribution in [1.29, 1.82) is 0 Å². The van der Waals surface area contributed by atoms with E-state index < -0.39 is 17.2 Å². The molecule has 1 saturated carbocycles. The van der Waals surface area contributed by atoms with Crippen LogP contribution < -0.4 is 10.1 Å².